The van der Waals surface area contributed by atoms with Crippen molar-refractivity contribution in [2.45, 2.75) is 6.92 Å². The molecule has 20 heavy (non-hydrogen) atoms. The number of hydrogen-bond acceptors (Lipinski definition) is 3. The van der Waals surface area contributed by atoms with E-state index in [1.54, 1.807) is 17.0 Å². The number of pyridine rings is 1. The highest BCUT2D eigenvalue weighted by Gasteiger charge is 2.18. The van der Waals surface area contributed by atoms with Gasteiger partial charge >= 0.3 is 5.97 Å². The van der Waals surface area contributed by atoms with Crippen LogP contribution in [0, 0.1) is 5.82 Å². The Morgan fingerprint density at radius 2 is 2.20 bits per heavy atom. The third kappa shape index (κ3) is 2.96. The molecular formula is C14H12BrFN2O2. The van der Waals surface area contributed by atoms with E-state index in [2.05, 4.69) is 20.9 Å². The first-order valence-electron chi connectivity index (χ1n) is 5.95. The fourth-order valence-corrected chi connectivity index (χ4v) is 2.23. The summed E-state index contributed by atoms with van der Waals surface area (Å²) in [5.74, 6) is -1.17. The molecule has 2 aromatic rings. The molecule has 4 nitrogen and oxygen atoms in total. The van der Waals surface area contributed by atoms with Crippen LogP contribution >= 0.6 is 15.9 Å². The average molecular weight is 339 g/mol. The van der Waals surface area contributed by atoms with E-state index < -0.39 is 5.97 Å². The molecule has 0 aliphatic heterocycles. The molecule has 0 radical (unpaired) electrons. The van der Waals surface area contributed by atoms with Crippen LogP contribution in [0.4, 0.5) is 15.9 Å². The summed E-state index contributed by atoms with van der Waals surface area (Å²) in [7, 11) is 0. The second-order valence-corrected chi connectivity index (χ2v) is 4.97. The van der Waals surface area contributed by atoms with Crippen LogP contribution in [0.2, 0.25) is 0 Å². The van der Waals surface area contributed by atoms with Crippen molar-refractivity contribution in [1.29, 1.82) is 0 Å². The number of carboxylic acid groups (broad SMARTS) is 1. The van der Waals surface area contributed by atoms with Crippen LogP contribution in [-0.4, -0.2) is 22.6 Å². The minimum Gasteiger partial charge on any atom is -0.478 e. The lowest BCUT2D eigenvalue weighted by atomic mass is 10.2. The van der Waals surface area contributed by atoms with E-state index in [0.717, 1.165) is 0 Å². The first kappa shape index (κ1) is 14.5. The van der Waals surface area contributed by atoms with Gasteiger partial charge < -0.3 is 10.0 Å². The van der Waals surface area contributed by atoms with Crippen LogP contribution in [0.3, 0.4) is 0 Å². The lowest BCUT2D eigenvalue weighted by Gasteiger charge is -2.23. The molecule has 1 N–H and O–H groups in total. The molecule has 1 aromatic heterocycles. The summed E-state index contributed by atoms with van der Waals surface area (Å²) in [6.45, 7) is 2.32. The molecule has 0 saturated heterocycles. The predicted molar refractivity (Wildman–Crippen MR) is 78.0 cm³/mol. The lowest BCUT2D eigenvalue weighted by Crippen LogP contribution is -2.20. The van der Waals surface area contributed by atoms with Gasteiger partial charge in [0.2, 0.25) is 0 Å². The van der Waals surface area contributed by atoms with Crippen molar-refractivity contribution in [1.82, 2.24) is 4.98 Å². The number of aromatic nitrogens is 1. The Balaban J connectivity index is 2.55. The van der Waals surface area contributed by atoms with Crippen molar-refractivity contribution >= 4 is 33.4 Å². The highest BCUT2D eigenvalue weighted by atomic mass is 79.9. The molecule has 0 amide bonds. The normalized spacial score (nSPS) is 10.3. The second kappa shape index (κ2) is 6.00. The molecule has 1 aromatic carbocycles. The van der Waals surface area contributed by atoms with Crippen LogP contribution in [0.25, 0.3) is 0 Å². The van der Waals surface area contributed by atoms with Crippen molar-refractivity contribution in [3.8, 4) is 0 Å². The molecule has 0 unspecified atom stereocenters. The Hall–Kier alpha value is -1.95. The van der Waals surface area contributed by atoms with E-state index in [1.807, 2.05) is 6.92 Å². The van der Waals surface area contributed by atoms with E-state index in [1.165, 1.54) is 24.4 Å². The zero-order chi connectivity index (χ0) is 14.7. The van der Waals surface area contributed by atoms with E-state index in [9.17, 15) is 14.3 Å². The molecule has 0 bridgehead atoms. The molecule has 0 aliphatic carbocycles. The van der Waals surface area contributed by atoms with Gasteiger partial charge in [-0.25, -0.2) is 14.2 Å². The third-order valence-electron chi connectivity index (χ3n) is 2.76. The fourth-order valence-electron chi connectivity index (χ4n) is 1.90. The monoisotopic (exact) mass is 338 g/mol. The predicted octanol–water partition coefficient (Wildman–Crippen LogP) is 3.84. The quantitative estimate of drug-likeness (QED) is 0.920. The number of carbonyl (C=O) groups is 1. The van der Waals surface area contributed by atoms with Gasteiger partial charge in [0, 0.05) is 22.9 Å². The average Bonchev–Trinajstić information content (AvgIpc) is 2.41. The Bertz CT molecular complexity index is 649. The van der Waals surface area contributed by atoms with Crippen molar-refractivity contribution in [2.24, 2.45) is 0 Å². The van der Waals surface area contributed by atoms with Gasteiger partial charge in [-0.1, -0.05) is 6.07 Å². The summed E-state index contributed by atoms with van der Waals surface area (Å²) in [4.78, 5) is 17.1. The summed E-state index contributed by atoms with van der Waals surface area (Å²) in [5.41, 5.74) is 0.621. The number of hydrogen-bond donors (Lipinski definition) is 1. The molecule has 0 saturated carbocycles. The van der Waals surface area contributed by atoms with Crippen LogP contribution in [-0.2, 0) is 0 Å². The first-order valence-corrected chi connectivity index (χ1v) is 6.74. The molecule has 0 spiro atoms. The standard InChI is InChI=1S/C14H12BrFN2O2/c1-2-18(11-5-3-4-10(16)7-11)13-12(14(19)20)6-9(15)8-17-13/h3-8H,2H2,1H3,(H,19,20). The SMILES string of the molecule is CCN(c1cccc(F)c1)c1ncc(Br)cc1C(=O)O. The van der Waals surface area contributed by atoms with Crippen LogP contribution in [0.5, 0.6) is 0 Å². The van der Waals surface area contributed by atoms with Crippen molar-refractivity contribution in [2.75, 3.05) is 11.4 Å². The zero-order valence-electron chi connectivity index (χ0n) is 10.7. The van der Waals surface area contributed by atoms with Gasteiger partial charge in [-0.2, -0.15) is 0 Å². The second-order valence-electron chi connectivity index (χ2n) is 4.05. The molecular weight excluding hydrogens is 327 g/mol. The van der Waals surface area contributed by atoms with Gasteiger partial charge in [0.1, 0.15) is 17.2 Å². The smallest absolute Gasteiger partial charge is 0.339 e. The Morgan fingerprint density at radius 3 is 2.80 bits per heavy atom. The Kier molecular flexibility index (Phi) is 4.34. The van der Waals surface area contributed by atoms with Gasteiger partial charge in [0.05, 0.1) is 0 Å². The number of carboxylic acids is 1. The molecule has 6 heteroatoms. The van der Waals surface area contributed by atoms with Gasteiger partial charge in [0.25, 0.3) is 0 Å². The fraction of sp³-hybridized carbons (Fsp3) is 0.143. The maximum Gasteiger partial charge on any atom is 0.339 e. The maximum atomic E-state index is 13.3. The summed E-state index contributed by atoms with van der Waals surface area (Å²) in [6, 6.07) is 7.45. The number of benzene rings is 1. The summed E-state index contributed by atoms with van der Waals surface area (Å²) < 4.78 is 13.9. The van der Waals surface area contributed by atoms with Crippen molar-refractivity contribution in [3.05, 3.63) is 52.4 Å². The van der Waals surface area contributed by atoms with Crippen LogP contribution < -0.4 is 4.90 Å². The van der Waals surface area contributed by atoms with Gasteiger partial charge in [-0.05, 0) is 47.1 Å². The minimum atomic E-state index is -1.08. The van der Waals surface area contributed by atoms with Crippen molar-refractivity contribution < 1.29 is 14.3 Å². The first-order chi connectivity index (χ1) is 9.52. The van der Waals surface area contributed by atoms with Crippen LogP contribution in [0.1, 0.15) is 17.3 Å². The topological polar surface area (TPSA) is 53.4 Å². The lowest BCUT2D eigenvalue weighted by molar-refractivity contribution is 0.0697. The van der Waals surface area contributed by atoms with Crippen molar-refractivity contribution in [3.63, 3.8) is 0 Å². The van der Waals surface area contributed by atoms with E-state index in [4.69, 9.17) is 0 Å². The molecule has 1 heterocycles. The number of anilines is 2. The zero-order valence-corrected chi connectivity index (χ0v) is 12.3. The number of nitrogens with zero attached hydrogens (tertiary/aromatic N) is 2. The minimum absolute atomic E-state index is 0.0606. The highest BCUT2D eigenvalue weighted by Crippen LogP contribution is 2.28. The Labute approximate surface area is 124 Å². The molecule has 0 aliphatic rings. The van der Waals surface area contributed by atoms with Gasteiger partial charge in [-0.15, -0.1) is 0 Å². The molecule has 0 atom stereocenters. The third-order valence-corrected chi connectivity index (χ3v) is 3.19. The number of rotatable bonds is 4. The molecule has 0 fully saturated rings. The molecule has 104 valence electrons. The highest BCUT2D eigenvalue weighted by molar-refractivity contribution is 9.10. The van der Waals surface area contributed by atoms with E-state index >= 15 is 0 Å². The van der Waals surface area contributed by atoms with Crippen LogP contribution in [0.15, 0.2) is 41.0 Å². The number of halogens is 2. The van der Waals surface area contributed by atoms with E-state index in [-0.39, 0.29) is 17.2 Å². The number of aromatic carboxylic acids is 1. The van der Waals surface area contributed by atoms with E-state index in [0.29, 0.717) is 16.7 Å². The summed E-state index contributed by atoms with van der Waals surface area (Å²) >= 11 is 3.20. The van der Waals surface area contributed by atoms with Gasteiger partial charge in [0.15, 0.2) is 0 Å². The maximum absolute atomic E-state index is 13.3. The van der Waals surface area contributed by atoms with Gasteiger partial charge in [-0.3, -0.25) is 0 Å². The largest absolute Gasteiger partial charge is 0.478 e. The summed E-state index contributed by atoms with van der Waals surface area (Å²) in [5, 5.41) is 9.27. The molecule has 2 rings (SSSR count). The Morgan fingerprint density at radius 1 is 1.45 bits per heavy atom. The summed E-state index contributed by atoms with van der Waals surface area (Å²) in [6.07, 6.45) is 1.52.